The largest absolute Gasteiger partial charge is 0.316 e. The number of benzene rings is 1. The quantitative estimate of drug-likeness (QED) is 0.789. The summed E-state index contributed by atoms with van der Waals surface area (Å²) in [5.41, 5.74) is 2.01. The minimum atomic E-state index is -0.0954. The van der Waals surface area contributed by atoms with Crippen molar-refractivity contribution in [3.8, 4) is 0 Å². The Balaban J connectivity index is 1.77. The summed E-state index contributed by atoms with van der Waals surface area (Å²) >= 11 is 0. The Labute approximate surface area is 115 Å². The zero-order chi connectivity index (χ0) is 13.3. The van der Waals surface area contributed by atoms with Crippen LogP contribution in [0.3, 0.4) is 0 Å². The molecule has 0 amide bonds. The maximum absolute atomic E-state index is 13.5. The van der Waals surface area contributed by atoms with E-state index in [0.717, 1.165) is 19.5 Å². The molecule has 0 aromatic heterocycles. The molecule has 3 rings (SSSR count). The second kappa shape index (κ2) is 4.90. The molecule has 2 aliphatic rings. The van der Waals surface area contributed by atoms with Gasteiger partial charge in [-0.05, 0) is 61.8 Å². The van der Waals surface area contributed by atoms with Gasteiger partial charge >= 0.3 is 0 Å². The fraction of sp³-hybridized carbons (Fsp3) is 0.647. The van der Waals surface area contributed by atoms with Gasteiger partial charge in [-0.1, -0.05) is 25.5 Å². The van der Waals surface area contributed by atoms with Crippen LogP contribution in [-0.4, -0.2) is 13.1 Å². The Kier molecular flexibility index (Phi) is 3.38. The Morgan fingerprint density at radius 2 is 2.05 bits per heavy atom. The van der Waals surface area contributed by atoms with Crippen molar-refractivity contribution < 1.29 is 4.39 Å². The maximum Gasteiger partial charge on any atom is 0.123 e. The maximum atomic E-state index is 13.5. The molecule has 0 unspecified atom stereocenters. The van der Waals surface area contributed by atoms with Gasteiger partial charge in [0, 0.05) is 12.0 Å². The molecule has 1 spiro atoms. The molecular weight excluding hydrogens is 237 g/mol. The topological polar surface area (TPSA) is 12.0 Å². The predicted octanol–water partition coefficient (Wildman–Crippen LogP) is 4.03. The summed E-state index contributed by atoms with van der Waals surface area (Å²) in [4.78, 5) is 0. The van der Waals surface area contributed by atoms with Crippen LogP contribution in [0.2, 0.25) is 0 Å². The summed E-state index contributed by atoms with van der Waals surface area (Å²) in [6.07, 6.45) is 7.82. The van der Waals surface area contributed by atoms with Gasteiger partial charge < -0.3 is 5.32 Å². The Bertz CT molecular complexity index is 442. The van der Waals surface area contributed by atoms with E-state index >= 15 is 0 Å². The highest BCUT2D eigenvalue weighted by Gasteiger charge is 2.57. The molecule has 104 valence electrons. The average Bonchev–Trinajstić information content (AvgIpc) is 2.30. The van der Waals surface area contributed by atoms with Crippen LogP contribution in [0.5, 0.6) is 0 Å². The first-order valence-corrected chi connectivity index (χ1v) is 7.65. The average molecular weight is 261 g/mol. The van der Waals surface area contributed by atoms with Crippen LogP contribution in [-0.2, 0) is 5.41 Å². The summed E-state index contributed by atoms with van der Waals surface area (Å²) in [5, 5.41) is 3.56. The van der Waals surface area contributed by atoms with E-state index in [1.54, 1.807) is 12.1 Å². The molecule has 2 aliphatic carbocycles. The highest BCUT2D eigenvalue weighted by atomic mass is 19.1. The van der Waals surface area contributed by atoms with Crippen LogP contribution in [0, 0.1) is 11.2 Å². The predicted molar refractivity (Wildman–Crippen MR) is 76.8 cm³/mol. The zero-order valence-corrected chi connectivity index (χ0v) is 11.8. The van der Waals surface area contributed by atoms with Crippen molar-refractivity contribution >= 4 is 0 Å². The lowest BCUT2D eigenvalue weighted by molar-refractivity contribution is -0.0483. The van der Waals surface area contributed by atoms with E-state index in [9.17, 15) is 4.39 Å². The molecule has 2 saturated carbocycles. The molecular formula is C17H24FN. The Morgan fingerprint density at radius 1 is 1.26 bits per heavy atom. The van der Waals surface area contributed by atoms with Gasteiger partial charge in [0.15, 0.2) is 0 Å². The minimum absolute atomic E-state index is 0.0954. The van der Waals surface area contributed by atoms with Crippen LogP contribution in [0.1, 0.15) is 51.0 Å². The highest BCUT2D eigenvalue weighted by molar-refractivity contribution is 5.32. The van der Waals surface area contributed by atoms with E-state index in [4.69, 9.17) is 0 Å². The van der Waals surface area contributed by atoms with Gasteiger partial charge in [-0.3, -0.25) is 0 Å². The number of halogens is 1. The number of nitrogens with one attached hydrogen (secondary N) is 1. The number of hydrogen-bond acceptors (Lipinski definition) is 1. The van der Waals surface area contributed by atoms with Crippen LogP contribution < -0.4 is 5.32 Å². The van der Waals surface area contributed by atoms with Crippen molar-refractivity contribution in [1.82, 2.24) is 5.32 Å². The van der Waals surface area contributed by atoms with Crippen molar-refractivity contribution in [2.75, 3.05) is 13.1 Å². The van der Waals surface area contributed by atoms with Crippen LogP contribution in [0.25, 0.3) is 0 Å². The van der Waals surface area contributed by atoms with E-state index in [1.807, 2.05) is 6.07 Å². The highest BCUT2D eigenvalue weighted by Crippen LogP contribution is 2.64. The molecule has 2 fully saturated rings. The molecule has 0 atom stereocenters. The molecule has 0 radical (unpaired) electrons. The summed E-state index contributed by atoms with van der Waals surface area (Å²) < 4.78 is 13.5. The second-order valence-corrected chi connectivity index (χ2v) is 6.67. The molecule has 0 bridgehead atoms. The third-order valence-corrected chi connectivity index (χ3v) is 5.17. The second-order valence-electron chi connectivity index (χ2n) is 6.67. The number of rotatable bonds is 5. The van der Waals surface area contributed by atoms with E-state index in [2.05, 4.69) is 18.3 Å². The van der Waals surface area contributed by atoms with Crippen LogP contribution >= 0.6 is 0 Å². The lowest BCUT2D eigenvalue weighted by Crippen LogP contribution is -2.57. The first kappa shape index (κ1) is 13.1. The summed E-state index contributed by atoms with van der Waals surface area (Å²) in [6.45, 7) is 4.26. The standard InChI is InChI=1S/C17H24FN/c1-2-9-19-13-17(11-16(12-17)7-4-8-16)14-5-3-6-15(18)10-14/h3,5-6,10,19H,2,4,7-9,11-13H2,1H3. The van der Waals surface area contributed by atoms with Crippen molar-refractivity contribution in [2.45, 2.75) is 50.9 Å². The molecule has 0 aliphatic heterocycles. The SMILES string of the molecule is CCCNCC1(c2cccc(F)c2)CC2(CCC2)C1. The van der Waals surface area contributed by atoms with E-state index in [-0.39, 0.29) is 11.2 Å². The lowest BCUT2D eigenvalue weighted by Gasteiger charge is -2.61. The normalized spacial score (nSPS) is 22.8. The molecule has 1 nitrogen and oxygen atoms in total. The van der Waals surface area contributed by atoms with E-state index in [0.29, 0.717) is 5.41 Å². The molecule has 2 heteroatoms. The van der Waals surface area contributed by atoms with Crippen LogP contribution in [0.15, 0.2) is 24.3 Å². The molecule has 1 N–H and O–H groups in total. The van der Waals surface area contributed by atoms with Crippen molar-refractivity contribution in [1.29, 1.82) is 0 Å². The Hall–Kier alpha value is -0.890. The minimum Gasteiger partial charge on any atom is -0.316 e. The van der Waals surface area contributed by atoms with Gasteiger partial charge in [0.05, 0.1) is 0 Å². The molecule has 1 aromatic carbocycles. The third kappa shape index (κ3) is 2.31. The van der Waals surface area contributed by atoms with Crippen LogP contribution in [0.4, 0.5) is 4.39 Å². The summed E-state index contributed by atoms with van der Waals surface area (Å²) in [5.74, 6) is -0.0954. The molecule has 0 heterocycles. The van der Waals surface area contributed by atoms with E-state index < -0.39 is 0 Å². The van der Waals surface area contributed by atoms with Gasteiger partial charge in [0.25, 0.3) is 0 Å². The Morgan fingerprint density at radius 3 is 2.63 bits per heavy atom. The van der Waals surface area contributed by atoms with Gasteiger partial charge in [0.2, 0.25) is 0 Å². The van der Waals surface area contributed by atoms with Gasteiger partial charge in [0.1, 0.15) is 5.82 Å². The van der Waals surface area contributed by atoms with Gasteiger partial charge in [-0.2, -0.15) is 0 Å². The fourth-order valence-corrected chi connectivity index (χ4v) is 4.17. The third-order valence-electron chi connectivity index (χ3n) is 5.17. The molecule has 19 heavy (non-hydrogen) atoms. The van der Waals surface area contributed by atoms with Crippen molar-refractivity contribution in [3.63, 3.8) is 0 Å². The van der Waals surface area contributed by atoms with Crippen molar-refractivity contribution in [2.24, 2.45) is 5.41 Å². The first-order chi connectivity index (χ1) is 9.18. The smallest absolute Gasteiger partial charge is 0.123 e. The zero-order valence-electron chi connectivity index (χ0n) is 11.8. The summed E-state index contributed by atoms with van der Waals surface area (Å²) in [7, 11) is 0. The van der Waals surface area contributed by atoms with Gasteiger partial charge in [-0.15, -0.1) is 0 Å². The first-order valence-electron chi connectivity index (χ1n) is 7.65. The summed E-state index contributed by atoms with van der Waals surface area (Å²) in [6, 6.07) is 7.27. The molecule has 1 aromatic rings. The van der Waals surface area contributed by atoms with Crippen molar-refractivity contribution in [3.05, 3.63) is 35.6 Å². The van der Waals surface area contributed by atoms with E-state index in [1.165, 1.54) is 37.7 Å². The monoisotopic (exact) mass is 261 g/mol. The van der Waals surface area contributed by atoms with Gasteiger partial charge in [-0.25, -0.2) is 4.39 Å². The lowest BCUT2D eigenvalue weighted by atomic mass is 9.43. The fourth-order valence-electron chi connectivity index (χ4n) is 4.17. The number of hydrogen-bond donors (Lipinski definition) is 1. The molecule has 0 saturated heterocycles.